The Morgan fingerprint density at radius 3 is 1.76 bits per heavy atom. The number of halogens is 1. The molecule has 6 heteroatoms. The monoisotopic (exact) mass is 492 g/mol. The largest absolute Gasteiger partial charge is 0.464 e. The highest BCUT2D eigenvalue weighted by molar-refractivity contribution is 5.85. The summed E-state index contributed by atoms with van der Waals surface area (Å²) in [5.41, 5.74) is 8.82. The lowest BCUT2D eigenvalue weighted by Gasteiger charge is -2.23. The van der Waals surface area contributed by atoms with Crippen LogP contribution in [0.25, 0.3) is 0 Å². The highest BCUT2D eigenvalue weighted by Crippen LogP contribution is 2.23. The van der Waals surface area contributed by atoms with Crippen LogP contribution in [-0.2, 0) is 12.0 Å². The zero-order valence-corrected chi connectivity index (χ0v) is 22.9. The van der Waals surface area contributed by atoms with Gasteiger partial charge in [0.1, 0.15) is 12.7 Å². The Morgan fingerprint density at radius 2 is 1.26 bits per heavy atom. The Morgan fingerprint density at radius 1 is 0.765 bits per heavy atom. The molecule has 1 heterocycles. The van der Waals surface area contributed by atoms with Gasteiger partial charge in [0.2, 0.25) is 0 Å². The Hall–Kier alpha value is -1.72. The van der Waals surface area contributed by atoms with Gasteiger partial charge < -0.3 is 10.5 Å². The number of aromatic nitrogens is 3. The van der Waals surface area contributed by atoms with E-state index in [1.54, 1.807) is 0 Å². The van der Waals surface area contributed by atoms with Crippen molar-refractivity contribution in [1.29, 1.82) is 0 Å². The van der Waals surface area contributed by atoms with Crippen LogP contribution in [0.1, 0.15) is 116 Å². The molecule has 0 fully saturated rings. The van der Waals surface area contributed by atoms with Gasteiger partial charge in [-0.3, -0.25) is 0 Å². The third-order valence-electron chi connectivity index (χ3n) is 5.75. The Bertz CT molecular complexity index is 707. The minimum Gasteiger partial charge on any atom is -0.464 e. The van der Waals surface area contributed by atoms with E-state index in [1.165, 1.54) is 107 Å². The van der Waals surface area contributed by atoms with Gasteiger partial charge in [-0.1, -0.05) is 102 Å². The van der Waals surface area contributed by atoms with E-state index in [1.807, 2.05) is 6.92 Å². The standard InChI is InChI=1S/C23H41N.C5H7N3O.ClH/c1-4-5-6-7-8-9-10-11-12-13-14-15-18-21-19-16-17-20-22(21)23(2,3)24;1-2-9-5-7-3-6-4-8-5;/h16-17,19-20H,4-15,18,24H2,1-3H3;3-4H,2H2,1H3;1H. The van der Waals surface area contributed by atoms with Crippen LogP contribution < -0.4 is 10.5 Å². The van der Waals surface area contributed by atoms with Gasteiger partial charge in [0.15, 0.2) is 0 Å². The first kappa shape index (κ1) is 32.3. The molecule has 1 aromatic carbocycles. The van der Waals surface area contributed by atoms with Crippen molar-refractivity contribution in [3.63, 3.8) is 0 Å². The molecule has 0 saturated carbocycles. The van der Waals surface area contributed by atoms with Crippen molar-refractivity contribution in [2.75, 3.05) is 6.61 Å². The number of aryl methyl sites for hydroxylation is 1. The molecule has 0 atom stereocenters. The van der Waals surface area contributed by atoms with Crippen LogP contribution in [0.2, 0.25) is 0 Å². The highest BCUT2D eigenvalue weighted by atomic mass is 35.5. The van der Waals surface area contributed by atoms with Gasteiger partial charge in [-0.2, -0.15) is 9.97 Å². The van der Waals surface area contributed by atoms with Gasteiger partial charge in [0.05, 0.1) is 6.61 Å². The minimum atomic E-state index is -0.228. The number of unbranched alkanes of at least 4 members (excludes halogenated alkanes) is 11. The first-order valence-corrected chi connectivity index (χ1v) is 13.1. The number of ether oxygens (including phenoxy) is 1. The molecular formula is C28H49ClN4O. The Kier molecular flexibility index (Phi) is 19.6. The Balaban J connectivity index is 0.000000911. The fourth-order valence-electron chi connectivity index (χ4n) is 3.96. The molecule has 34 heavy (non-hydrogen) atoms. The van der Waals surface area contributed by atoms with Crippen molar-refractivity contribution >= 4 is 12.4 Å². The van der Waals surface area contributed by atoms with Crippen molar-refractivity contribution in [1.82, 2.24) is 15.0 Å². The summed E-state index contributed by atoms with van der Waals surface area (Å²) in [5, 5.41) is 0. The maximum absolute atomic E-state index is 6.29. The summed E-state index contributed by atoms with van der Waals surface area (Å²) >= 11 is 0. The fraction of sp³-hybridized carbons (Fsp3) is 0.679. The van der Waals surface area contributed by atoms with Gasteiger partial charge in [0.25, 0.3) is 0 Å². The van der Waals surface area contributed by atoms with Crippen molar-refractivity contribution < 1.29 is 4.74 Å². The molecule has 194 valence electrons. The van der Waals surface area contributed by atoms with E-state index in [9.17, 15) is 0 Å². The molecule has 2 N–H and O–H groups in total. The van der Waals surface area contributed by atoms with Crippen molar-refractivity contribution in [2.24, 2.45) is 5.73 Å². The molecule has 0 aliphatic rings. The number of benzene rings is 1. The second-order valence-electron chi connectivity index (χ2n) is 9.37. The van der Waals surface area contributed by atoms with E-state index in [4.69, 9.17) is 10.5 Å². The molecule has 0 bridgehead atoms. The van der Waals surface area contributed by atoms with Crippen molar-refractivity contribution in [3.8, 4) is 6.01 Å². The summed E-state index contributed by atoms with van der Waals surface area (Å²) < 4.78 is 4.94. The molecule has 0 radical (unpaired) electrons. The summed E-state index contributed by atoms with van der Waals surface area (Å²) in [7, 11) is 0. The zero-order chi connectivity index (χ0) is 24.2. The Labute approximate surface area is 215 Å². The van der Waals surface area contributed by atoms with E-state index in [0.29, 0.717) is 12.6 Å². The molecule has 0 unspecified atom stereocenters. The lowest BCUT2D eigenvalue weighted by molar-refractivity contribution is 0.311. The maximum Gasteiger partial charge on any atom is 0.319 e. The molecule has 0 spiro atoms. The highest BCUT2D eigenvalue weighted by Gasteiger charge is 2.17. The minimum absolute atomic E-state index is 0. The summed E-state index contributed by atoms with van der Waals surface area (Å²) in [6.07, 6.45) is 20.9. The maximum atomic E-state index is 6.29. The molecule has 0 amide bonds. The second kappa shape index (κ2) is 20.6. The quantitative estimate of drug-likeness (QED) is 0.242. The average molecular weight is 493 g/mol. The summed E-state index contributed by atoms with van der Waals surface area (Å²) in [4.78, 5) is 11.1. The lowest BCUT2D eigenvalue weighted by atomic mass is 9.89. The normalized spacial score (nSPS) is 10.7. The average Bonchev–Trinajstić information content (AvgIpc) is 2.81. The smallest absolute Gasteiger partial charge is 0.319 e. The van der Waals surface area contributed by atoms with Crippen LogP contribution in [0.4, 0.5) is 0 Å². The second-order valence-corrected chi connectivity index (χ2v) is 9.37. The first-order chi connectivity index (χ1) is 16.0. The van der Waals surface area contributed by atoms with Crippen LogP contribution in [0.15, 0.2) is 36.9 Å². The molecule has 0 aliphatic heterocycles. The molecular weight excluding hydrogens is 444 g/mol. The lowest BCUT2D eigenvalue weighted by Crippen LogP contribution is -2.30. The van der Waals surface area contributed by atoms with Crippen molar-refractivity contribution in [2.45, 2.75) is 117 Å². The number of nitrogens with zero attached hydrogens (tertiary/aromatic N) is 3. The molecule has 5 nitrogen and oxygen atoms in total. The van der Waals surface area contributed by atoms with E-state index in [2.05, 4.69) is 60.0 Å². The molecule has 2 aromatic rings. The van der Waals surface area contributed by atoms with E-state index < -0.39 is 0 Å². The number of rotatable bonds is 16. The topological polar surface area (TPSA) is 73.9 Å². The third-order valence-corrected chi connectivity index (χ3v) is 5.75. The number of hydrogen-bond acceptors (Lipinski definition) is 5. The SMILES string of the molecule is CCCCCCCCCCCCCCc1ccccc1C(C)(C)N.CCOc1ncncn1.Cl. The summed E-state index contributed by atoms with van der Waals surface area (Å²) in [6.45, 7) is 8.96. The van der Waals surface area contributed by atoms with Crippen LogP contribution in [0.3, 0.4) is 0 Å². The molecule has 1 aromatic heterocycles. The first-order valence-electron chi connectivity index (χ1n) is 13.1. The molecule has 2 rings (SSSR count). The summed E-state index contributed by atoms with van der Waals surface area (Å²) in [6, 6.07) is 9.08. The predicted molar refractivity (Wildman–Crippen MR) is 147 cm³/mol. The van der Waals surface area contributed by atoms with Gasteiger partial charge >= 0.3 is 6.01 Å². The number of hydrogen-bond donors (Lipinski definition) is 1. The fourth-order valence-corrected chi connectivity index (χ4v) is 3.96. The van der Waals surface area contributed by atoms with E-state index >= 15 is 0 Å². The van der Waals surface area contributed by atoms with E-state index in [-0.39, 0.29) is 17.9 Å². The van der Waals surface area contributed by atoms with Crippen LogP contribution in [-0.4, -0.2) is 21.6 Å². The van der Waals surface area contributed by atoms with Gasteiger partial charge in [-0.25, -0.2) is 4.98 Å². The van der Waals surface area contributed by atoms with Crippen LogP contribution in [0.5, 0.6) is 6.01 Å². The van der Waals surface area contributed by atoms with Crippen LogP contribution >= 0.6 is 12.4 Å². The van der Waals surface area contributed by atoms with Crippen LogP contribution in [0, 0.1) is 0 Å². The van der Waals surface area contributed by atoms with Gasteiger partial charge in [-0.15, -0.1) is 12.4 Å². The van der Waals surface area contributed by atoms with Gasteiger partial charge in [0, 0.05) is 5.54 Å². The van der Waals surface area contributed by atoms with Gasteiger partial charge in [-0.05, 0) is 44.7 Å². The molecule has 0 aliphatic carbocycles. The predicted octanol–water partition coefficient (Wildman–Crippen LogP) is 7.82. The summed E-state index contributed by atoms with van der Waals surface area (Å²) in [5.74, 6) is 0. The van der Waals surface area contributed by atoms with E-state index in [0.717, 1.165) is 0 Å². The van der Waals surface area contributed by atoms with Crippen molar-refractivity contribution in [3.05, 3.63) is 48.0 Å². The molecule has 0 saturated heterocycles. The third kappa shape index (κ3) is 16.0. The number of nitrogens with two attached hydrogens (primary N) is 1. The zero-order valence-electron chi connectivity index (χ0n) is 22.1.